The van der Waals surface area contributed by atoms with Gasteiger partial charge in [0.15, 0.2) is 0 Å². The Labute approximate surface area is 133 Å². The van der Waals surface area contributed by atoms with E-state index in [-0.39, 0.29) is 43.3 Å². The number of ether oxygens (including phenoxy) is 1. The van der Waals surface area contributed by atoms with Gasteiger partial charge in [-0.3, -0.25) is 4.79 Å². The highest BCUT2D eigenvalue weighted by molar-refractivity contribution is 7.89. The average molecular weight is 344 g/mol. The van der Waals surface area contributed by atoms with Crippen LogP contribution in [-0.2, 0) is 19.6 Å². The second-order valence-corrected chi connectivity index (χ2v) is 6.70. The zero-order valence-electron chi connectivity index (χ0n) is 12.6. The first-order valence-electron chi connectivity index (χ1n) is 6.99. The fraction of sp³-hybridized carbons (Fsp3) is 0.917. The maximum atomic E-state index is 12.0. The molecule has 2 N–H and O–H groups in total. The lowest BCUT2D eigenvalue weighted by Gasteiger charge is -2.24. The van der Waals surface area contributed by atoms with Crippen molar-refractivity contribution in [1.29, 1.82) is 0 Å². The fourth-order valence-corrected chi connectivity index (χ4v) is 3.10. The van der Waals surface area contributed by atoms with Crippen LogP contribution in [0.5, 0.6) is 0 Å². The average Bonchev–Trinajstić information content (AvgIpc) is 2.85. The van der Waals surface area contributed by atoms with Gasteiger partial charge in [0.1, 0.15) is 0 Å². The molecule has 1 unspecified atom stereocenters. The number of carbonyl (C=O) groups excluding carboxylic acids is 1. The quantitative estimate of drug-likeness (QED) is 0.555. The molecule has 1 aliphatic heterocycles. The number of rotatable bonds is 9. The van der Waals surface area contributed by atoms with E-state index < -0.39 is 10.0 Å². The van der Waals surface area contributed by atoms with E-state index >= 15 is 0 Å². The Morgan fingerprint density at radius 1 is 1.43 bits per heavy atom. The Morgan fingerprint density at radius 3 is 2.76 bits per heavy atom. The van der Waals surface area contributed by atoms with Crippen molar-refractivity contribution in [3.8, 4) is 0 Å². The largest absolute Gasteiger partial charge is 0.381 e. The topological polar surface area (TPSA) is 87.7 Å². The molecule has 0 bridgehead atoms. The first-order valence-corrected chi connectivity index (χ1v) is 8.64. The zero-order chi connectivity index (χ0) is 15.0. The molecule has 0 radical (unpaired) electrons. The van der Waals surface area contributed by atoms with Gasteiger partial charge in [-0.25, -0.2) is 13.1 Å². The summed E-state index contributed by atoms with van der Waals surface area (Å²) in [6.07, 6.45) is 1.93. The van der Waals surface area contributed by atoms with Crippen LogP contribution >= 0.6 is 12.4 Å². The molecule has 1 saturated heterocycles. The van der Waals surface area contributed by atoms with E-state index in [0.29, 0.717) is 13.2 Å². The Kier molecular flexibility index (Phi) is 10.1. The summed E-state index contributed by atoms with van der Waals surface area (Å²) in [5, 5.41) is 3.05. The molecule has 0 spiro atoms. The van der Waals surface area contributed by atoms with Crippen molar-refractivity contribution in [3.05, 3.63) is 0 Å². The Bertz CT molecular complexity index is 405. The molecule has 1 atom stereocenters. The minimum atomic E-state index is -3.45. The Morgan fingerprint density at radius 2 is 2.14 bits per heavy atom. The highest BCUT2D eigenvalue weighted by Crippen LogP contribution is 2.16. The Balaban J connectivity index is 0.00000400. The van der Waals surface area contributed by atoms with E-state index in [0.717, 1.165) is 19.4 Å². The van der Waals surface area contributed by atoms with E-state index in [1.807, 2.05) is 7.05 Å². The molecule has 7 nitrogen and oxygen atoms in total. The summed E-state index contributed by atoms with van der Waals surface area (Å²) < 4.78 is 30.7. The summed E-state index contributed by atoms with van der Waals surface area (Å²) in [7, 11) is -1.60. The smallest absolute Gasteiger partial charge is 0.237 e. The van der Waals surface area contributed by atoms with Crippen molar-refractivity contribution in [1.82, 2.24) is 14.9 Å². The van der Waals surface area contributed by atoms with Crippen LogP contribution in [0.4, 0.5) is 0 Å². The summed E-state index contributed by atoms with van der Waals surface area (Å²) >= 11 is 0. The van der Waals surface area contributed by atoms with Crippen molar-refractivity contribution in [2.24, 2.45) is 0 Å². The van der Waals surface area contributed by atoms with Gasteiger partial charge in [0, 0.05) is 25.7 Å². The number of nitrogens with one attached hydrogen (secondary N) is 2. The number of likely N-dealkylation sites (N-methyl/N-ethyl adjacent to an activating group) is 1. The van der Waals surface area contributed by atoms with Crippen molar-refractivity contribution in [2.75, 3.05) is 45.6 Å². The standard InChI is InChI=1S/C12H25N3O4S.ClH/c1-3-19-7-8-20(17,18)14-10-12(16)15-6-4-5-11(15)9-13-2;/h11,13-14H,3-10H2,1-2H3;1H. The van der Waals surface area contributed by atoms with Crippen LogP contribution in [0.25, 0.3) is 0 Å². The third-order valence-electron chi connectivity index (χ3n) is 3.28. The van der Waals surface area contributed by atoms with E-state index in [2.05, 4.69) is 10.0 Å². The molecule has 1 rings (SSSR count). The normalized spacial score (nSPS) is 18.6. The van der Waals surface area contributed by atoms with Crippen molar-refractivity contribution in [3.63, 3.8) is 0 Å². The van der Waals surface area contributed by atoms with Crippen LogP contribution in [0, 0.1) is 0 Å². The number of carbonyl (C=O) groups is 1. The predicted molar refractivity (Wildman–Crippen MR) is 84.2 cm³/mol. The maximum absolute atomic E-state index is 12.0. The monoisotopic (exact) mass is 343 g/mol. The third kappa shape index (κ3) is 7.42. The lowest BCUT2D eigenvalue weighted by Crippen LogP contribution is -2.46. The summed E-state index contributed by atoms with van der Waals surface area (Å²) in [4.78, 5) is 13.8. The van der Waals surface area contributed by atoms with Gasteiger partial charge in [0.2, 0.25) is 15.9 Å². The van der Waals surface area contributed by atoms with Crippen molar-refractivity contribution in [2.45, 2.75) is 25.8 Å². The number of hydrogen-bond acceptors (Lipinski definition) is 5. The minimum Gasteiger partial charge on any atom is -0.381 e. The van der Waals surface area contributed by atoms with Gasteiger partial charge in [-0.05, 0) is 26.8 Å². The van der Waals surface area contributed by atoms with Gasteiger partial charge in [0.25, 0.3) is 0 Å². The van der Waals surface area contributed by atoms with Crippen LogP contribution in [0.15, 0.2) is 0 Å². The van der Waals surface area contributed by atoms with Gasteiger partial charge in [-0.15, -0.1) is 12.4 Å². The first-order chi connectivity index (χ1) is 9.50. The van der Waals surface area contributed by atoms with Crippen LogP contribution < -0.4 is 10.0 Å². The first kappa shape index (κ1) is 20.6. The maximum Gasteiger partial charge on any atom is 0.237 e. The predicted octanol–water partition coefficient (Wildman–Crippen LogP) is -0.425. The zero-order valence-corrected chi connectivity index (χ0v) is 14.3. The fourth-order valence-electron chi connectivity index (χ4n) is 2.27. The molecule has 1 amide bonds. The molecule has 1 heterocycles. The summed E-state index contributed by atoms with van der Waals surface area (Å²) in [6.45, 7) is 3.70. The van der Waals surface area contributed by atoms with Crippen molar-refractivity contribution < 1.29 is 17.9 Å². The van der Waals surface area contributed by atoms with E-state index in [1.165, 1.54) is 0 Å². The number of sulfonamides is 1. The second-order valence-electron chi connectivity index (χ2n) is 4.78. The number of hydrogen-bond donors (Lipinski definition) is 2. The highest BCUT2D eigenvalue weighted by Gasteiger charge is 2.28. The van der Waals surface area contributed by atoms with Crippen molar-refractivity contribution >= 4 is 28.3 Å². The summed E-state index contributed by atoms with van der Waals surface area (Å²) in [5.74, 6) is -0.281. The molecular weight excluding hydrogens is 318 g/mol. The summed E-state index contributed by atoms with van der Waals surface area (Å²) in [6, 6.07) is 0.167. The van der Waals surface area contributed by atoms with Gasteiger partial charge in [-0.2, -0.15) is 0 Å². The van der Waals surface area contributed by atoms with Crippen LogP contribution in [0.3, 0.4) is 0 Å². The molecule has 0 aliphatic carbocycles. The van der Waals surface area contributed by atoms with Crippen LogP contribution in [0.1, 0.15) is 19.8 Å². The third-order valence-corrected chi connectivity index (χ3v) is 4.57. The lowest BCUT2D eigenvalue weighted by molar-refractivity contribution is -0.130. The molecule has 1 aliphatic rings. The molecule has 21 heavy (non-hydrogen) atoms. The Hall–Kier alpha value is -0.410. The molecule has 0 aromatic heterocycles. The minimum absolute atomic E-state index is 0. The molecule has 0 aromatic carbocycles. The number of likely N-dealkylation sites (tertiary alicyclic amines) is 1. The molecule has 0 saturated carbocycles. The van der Waals surface area contributed by atoms with Gasteiger partial charge in [-0.1, -0.05) is 0 Å². The number of nitrogens with zero attached hydrogens (tertiary/aromatic N) is 1. The molecule has 126 valence electrons. The lowest BCUT2D eigenvalue weighted by atomic mass is 10.2. The summed E-state index contributed by atoms with van der Waals surface area (Å²) in [5.41, 5.74) is 0. The van der Waals surface area contributed by atoms with E-state index in [1.54, 1.807) is 11.8 Å². The number of halogens is 1. The molecule has 9 heteroatoms. The van der Waals surface area contributed by atoms with Gasteiger partial charge in [0.05, 0.1) is 18.9 Å². The van der Waals surface area contributed by atoms with Crippen LogP contribution in [0.2, 0.25) is 0 Å². The van der Waals surface area contributed by atoms with E-state index in [9.17, 15) is 13.2 Å². The molecule has 1 fully saturated rings. The SMILES string of the molecule is CCOCCS(=O)(=O)NCC(=O)N1CCCC1CNC.Cl. The second kappa shape index (κ2) is 10.3. The molecule has 0 aromatic rings. The highest BCUT2D eigenvalue weighted by atomic mass is 35.5. The van der Waals surface area contributed by atoms with Crippen LogP contribution in [-0.4, -0.2) is 70.9 Å². The van der Waals surface area contributed by atoms with E-state index in [4.69, 9.17) is 4.74 Å². The van der Waals surface area contributed by atoms with Gasteiger partial charge < -0.3 is 15.0 Å². The molecular formula is C12H26ClN3O4S. The number of amides is 1. The van der Waals surface area contributed by atoms with Gasteiger partial charge >= 0.3 is 0 Å².